The van der Waals surface area contributed by atoms with E-state index in [0.29, 0.717) is 47.9 Å². The Hall–Kier alpha value is -4.69. The molecule has 13 nitrogen and oxygen atoms in total. The Labute approximate surface area is 258 Å². The summed E-state index contributed by atoms with van der Waals surface area (Å²) in [5.41, 5.74) is -0.287. The number of ether oxygens (including phenoxy) is 1. The van der Waals surface area contributed by atoms with Crippen LogP contribution >= 0.6 is 0 Å². The summed E-state index contributed by atoms with van der Waals surface area (Å²) >= 11 is 0. The molecule has 0 aliphatic carbocycles. The molecule has 3 aromatic rings. The number of piperidine rings is 1. The number of carboxylic acids is 2. The summed E-state index contributed by atoms with van der Waals surface area (Å²) in [6.45, 7) is 5.93. The lowest BCUT2D eigenvalue weighted by Gasteiger charge is -2.32. The first-order chi connectivity index (χ1) is 21.5. The van der Waals surface area contributed by atoms with Gasteiger partial charge in [-0.25, -0.2) is 23.5 Å². The van der Waals surface area contributed by atoms with Crippen molar-refractivity contribution in [3.8, 4) is 17.1 Å². The zero-order valence-corrected chi connectivity index (χ0v) is 25.0. The van der Waals surface area contributed by atoms with Gasteiger partial charge in [0, 0.05) is 50.5 Å². The molecule has 45 heavy (non-hydrogen) atoms. The fraction of sp³-hybridized carbons (Fsp3) is 0.500. The highest BCUT2D eigenvalue weighted by atomic mass is 19.1. The zero-order chi connectivity index (χ0) is 32.5. The lowest BCUT2D eigenvalue weighted by Crippen LogP contribution is -2.41. The second-order valence-corrected chi connectivity index (χ2v) is 11.4. The molecule has 1 aliphatic rings. The van der Waals surface area contributed by atoms with Crippen molar-refractivity contribution in [3.63, 3.8) is 0 Å². The van der Waals surface area contributed by atoms with Crippen molar-refractivity contribution in [3.05, 3.63) is 47.6 Å². The van der Waals surface area contributed by atoms with E-state index in [1.165, 1.54) is 0 Å². The number of benzene rings is 1. The van der Waals surface area contributed by atoms with Crippen LogP contribution in [0, 0.1) is 23.5 Å². The molecule has 1 atom stereocenters. The van der Waals surface area contributed by atoms with Crippen LogP contribution in [0.15, 0.2) is 29.0 Å². The topological polar surface area (TPSA) is 181 Å². The highest BCUT2D eigenvalue weighted by molar-refractivity contribution is 5.97. The maximum Gasteiger partial charge on any atom is 0.326 e. The molecule has 1 aromatic carbocycles. The van der Waals surface area contributed by atoms with E-state index in [2.05, 4.69) is 38.9 Å². The molecule has 0 unspecified atom stereocenters. The van der Waals surface area contributed by atoms with E-state index >= 15 is 0 Å². The number of halogens is 2. The lowest BCUT2D eigenvalue weighted by atomic mass is 9.92. The number of nitrogens with zero attached hydrogens (tertiary/aromatic N) is 5. The molecular formula is C30H36F2N6O7. The number of nitrogens with one attached hydrogen (secondary N) is 1. The highest BCUT2D eigenvalue weighted by Gasteiger charge is 2.26. The summed E-state index contributed by atoms with van der Waals surface area (Å²) < 4.78 is 40.0. The van der Waals surface area contributed by atoms with E-state index < -0.39 is 53.9 Å². The van der Waals surface area contributed by atoms with Crippen LogP contribution in [0.3, 0.4) is 0 Å². The Morgan fingerprint density at radius 1 is 1.11 bits per heavy atom. The predicted molar refractivity (Wildman–Crippen MR) is 156 cm³/mol. The Balaban J connectivity index is 1.20. The Morgan fingerprint density at radius 3 is 2.38 bits per heavy atom. The molecule has 4 rings (SSSR count). The van der Waals surface area contributed by atoms with Crippen LogP contribution in [0.4, 0.5) is 14.7 Å². The normalized spacial score (nSPS) is 14.4. The first-order valence-corrected chi connectivity index (χ1v) is 14.8. The van der Waals surface area contributed by atoms with Crippen molar-refractivity contribution >= 4 is 23.8 Å². The average Bonchev–Trinajstić information content (AvgIpc) is 3.45. The molecule has 0 bridgehead atoms. The van der Waals surface area contributed by atoms with E-state index in [1.54, 1.807) is 12.4 Å². The first kappa shape index (κ1) is 33.2. The summed E-state index contributed by atoms with van der Waals surface area (Å²) in [7, 11) is 0. The van der Waals surface area contributed by atoms with E-state index in [1.807, 2.05) is 5.32 Å². The van der Waals surface area contributed by atoms with Gasteiger partial charge in [-0.1, -0.05) is 19.0 Å². The quantitative estimate of drug-likeness (QED) is 0.205. The fourth-order valence-corrected chi connectivity index (χ4v) is 4.99. The number of hydrogen-bond acceptors (Lipinski definition) is 10. The van der Waals surface area contributed by atoms with Crippen LogP contribution in [0.1, 0.15) is 68.6 Å². The number of anilines is 1. The van der Waals surface area contributed by atoms with Gasteiger partial charge in [0.15, 0.2) is 0 Å². The summed E-state index contributed by atoms with van der Waals surface area (Å²) in [6.07, 6.45) is 6.44. The highest BCUT2D eigenvalue weighted by Crippen LogP contribution is 2.26. The van der Waals surface area contributed by atoms with Gasteiger partial charge in [0.2, 0.25) is 17.7 Å². The van der Waals surface area contributed by atoms with Gasteiger partial charge in [-0.15, -0.1) is 0 Å². The van der Waals surface area contributed by atoms with Crippen LogP contribution in [0.25, 0.3) is 11.4 Å². The lowest BCUT2D eigenvalue weighted by molar-refractivity contribution is -0.140. The first-order valence-electron chi connectivity index (χ1n) is 14.8. The Bertz CT molecular complexity index is 1450. The molecule has 3 heterocycles. The molecule has 3 N–H and O–H groups in total. The van der Waals surface area contributed by atoms with Gasteiger partial charge in [-0.3, -0.25) is 9.59 Å². The van der Waals surface area contributed by atoms with E-state index in [0.717, 1.165) is 44.5 Å². The molecule has 0 spiro atoms. The maximum absolute atomic E-state index is 14.6. The number of aliphatic carboxylic acids is 2. The second-order valence-electron chi connectivity index (χ2n) is 11.4. The summed E-state index contributed by atoms with van der Waals surface area (Å²) in [5.74, 6) is -4.12. The van der Waals surface area contributed by atoms with Crippen molar-refractivity contribution in [2.75, 3.05) is 24.6 Å². The minimum Gasteiger partial charge on any atom is -0.493 e. The van der Waals surface area contributed by atoms with Crippen LogP contribution in [-0.2, 0) is 16.0 Å². The molecule has 0 radical (unpaired) electrons. The standard InChI is InChI=1S/C30H36F2N6O7/c1-17(2)12-24-36-27(37-45-24)19-15-33-30(34-16-19)38-9-7-18(8-10-38)4-3-11-44-20-13-21(31)26(22(32)14-20)28(41)35-23(29(42)43)5-6-25(39)40/h13-18,23H,3-12H2,1-2H3,(H,35,41)(H,39,40)(H,42,43)/t23-/m0/s1. The predicted octanol–water partition coefficient (Wildman–Crippen LogP) is 4.13. The van der Waals surface area contributed by atoms with Gasteiger partial charge < -0.3 is 29.7 Å². The number of carboxylic acid groups (broad SMARTS) is 2. The maximum atomic E-state index is 14.6. The van der Waals surface area contributed by atoms with Crippen molar-refractivity contribution in [1.82, 2.24) is 25.4 Å². The van der Waals surface area contributed by atoms with Crippen LogP contribution in [0.2, 0.25) is 0 Å². The van der Waals surface area contributed by atoms with E-state index in [4.69, 9.17) is 14.4 Å². The Morgan fingerprint density at radius 2 is 1.78 bits per heavy atom. The molecule has 1 saturated heterocycles. The molecule has 15 heteroatoms. The second kappa shape index (κ2) is 15.3. The van der Waals surface area contributed by atoms with Crippen molar-refractivity contribution in [1.29, 1.82) is 0 Å². The molecule has 1 aliphatic heterocycles. The van der Waals surface area contributed by atoms with E-state index in [9.17, 15) is 28.3 Å². The molecular weight excluding hydrogens is 594 g/mol. The number of carbonyl (C=O) groups is 3. The van der Waals surface area contributed by atoms with Crippen LogP contribution in [0.5, 0.6) is 5.75 Å². The van der Waals surface area contributed by atoms with Crippen LogP contribution in [-0.4, -0.2) is 73.9 Å². The minimum atomic E-state index is -1.62. The third-order valence-corrected chi connectivity index (χ3v) is 7.36. The molecule has 242 valence electrons. The number of rotatable bonds is 15. The van der Waals surface area contributed by atoms with Gasteiger partial charge >= 0.3 is 11.9 Å². The number of carbonyl (C=O) groups excluding carboxylic acids is 1. The van der Waals surface area contributed by atoms with Gasteiger partial charge in [-0.05, 0) is 43.9 Å². The number of amides is 1. The smallest absolute Gasteiger partial charge is 0.326 e. The van der Waals surface area contributed by atoms with Crippen molar-refractivity contribution in [2.45, 2.75) is 64.8 Å². The molecule has 2 aromatic heterocycles. The Kier molecular flexibility index (Phi) is 11.3. The summed E-state index contributed by atoms with van der Waals surface area (Å²) in [6, 6.07) is 0.102. The van der Waals surface area contributed by atoms with Gasteiger partial charge in [0.05, 0.1) is 12.2 Å². The molecule has 1 fully saturated rings. The third kappa shape index (κ3) is 9.40. The summed E-state index contributed by atoms with van der Waals surface area (Å²) in [5, 5.41) is 23.9. The monoisotopic (exact) mass is 630 g/mol. The van der Waals surface area contributed by atoms with Crippen molar-refractivity contribution in [2.24, 2.45) is 11.8 Å². The number of aromatic nitrogens is 4. The van der Waals surface area contributed by atoms with Crippen LogP contribution < -0.4 is 15.0 Å². The SMILES string of the molecule is CC(C)Cc1nc(-c2cnc(N3CCC(CCCOc4cc(F)c(C(=O)N[C@@H](CCC(=O)O)C(=O)O)c(F)c4)CC3)nc2)no1. The molecule has 0 saturated carbocycles. The third-order valence-electron chi connectivity index (χ3n) is 7.36. The average molecular weight is 631 g/mol. The fourth-order valence-electron chi connectivity index (χ4n) is 4.99. The van der Waals surface area contributed by atoms with Gasteiger partial charge in [0.25, 0.3) is 5.91 Å². The van der Waals surface area contributed by atoms with E-state index in [-0.39, 0.29) is 12.4 Å². The van der Waals surface area contributed by atoms with Gasteiger partial charge in [0.1, 0.15) is 29.0 Å². The minimum absolute atomic E-state index is 0.102. The summed E-state index contributed by atoms with van der Waals surface area (Å²) in [4.78, 5) is 49.9. The zero-order valence-electron chi connectivity index (χ0n) is 25.0. The largest absolute Gasteiger partial charge is 0.493 e. The number of hydrogen-bond donors (Lipinski definition) is 3. The van der Waals surface area contributed by atoms with Gasteiger partial charge in [-0.2, -0.15) is 4.98 Å². The molecule has 1 amide bonds. The van der Waals surface area contributed by atoms with Crippen molar-refractivity contribution < 1.29 is 42.6 Å².